The van der Waals surface area contributed by atoms with Crippen LogP contribution >= 0.6 is 0 Å². The third-order valence-corrected chi connectivity index (χ3v) is 10.7. The Morgan fingerprint density at radius 1 is 0.712 bits per heavy atom. The third kappa shape index (κ3) is 13.9. The average Bonchev–Trinajstić information content (AvgIpc) is 3.87. The summed E-state index contributed by atoms with van der Waals surface area (Å²) in [6, 6.07) is 19.7. The van der Waals surface area contributed by atoms with Crippen LogP contribution in [0.25, 0.3) is 0 Å². The number of carbonyl (C=O) groups is 5. The van der Waals surface area contributed by atoms with Crippen molar-refractivity contribution in [3.05, 3.63) is 120 Å². The zero-order valence-corrected chi connectivity index (χ0v) is 37.2. The highest BCUT2D eigenvalue weighted by Gasteiger charge is 2.35. The number of carbonyl (C=O) groups excluding carboxylic acids is 5. The molecule has 5 heterocycles. The molecule has 3 saturated heterocycles. The Bertz CT molecular complexity index is 2490. The van der Waals surface area contributed by atoms with Gasteiger partial charge in [-0.25, -0.2) is 9.59 Å². The van der Waals surface area contributed by atoms with Gasteiger partial charge in [0.25, 0.3) is 21.9 Å². The van der Waals surface area contributed by atoms with E-state index in [1.54, 1.807) is 90.1 Å². The van der Waals surface area contributed by atoms with E-state index in [1.807, 2.05) is 13.8 Å². The minimum absolute atomic E-state index is 0.0427. The Morgan fingerprint density at radius 3 is 1.61 bits per heavy atom. The van der Waals surface area contributed by atoms with Crippen molar-refractivity contribution >= 4 is 63.1 Å². The van der Waals surface area contributed by atoms with Crippen LogP contribution in [0.4, 0.5) is 21.0 Å². The number of hydrogen-bond acceptors (Lipinski definition) is 17. The van der Waals surface area contributed by atoms with Crippen LogP contribution in [0.3, 0.4) is 0 Å². The van der Waals surface area contributed by atoms with Gasteiger partial charge in [0.2, 0.25) is 0 Å². The molecule has 3 fully saturated rings. The Kier molecular flexibility index (Phi) is 16.2. The maximum Gasteiger partial charge on any atom is 0.414 e. The number of benzene rings is 2. The summed E-state index contributed by atoms with van der Waals surface area (Å²) in [5.41, 5.74) is 2.82. The number of cyclic esters (lactones) is 2. The lowest BCUT2D eigenvalue weighted by Gasteiger charge is -2.34. The van der Waals surface area contributed by atoms with Crippen LogP contribution in [-0.4, -0.2) is 153 Å². The molecule has 2 aromatic heterocycles. The van der Waals surface area contributed by atoms with Crippen LogP contribution in [0.1, 0.15) is 45.7 Å². The fourth-order valence-corrected chi connectivity index (χ4v) is 7.27. The number of hydrogen-bond donors (Lipinski definition) is 4. The molecule has 4 N–H and O–H groups in total. The number of anilines is 2. The van der Waals surface area contributed by atoms with Crippen molar-refractivity contribution in [1.29, 1.82) is 10.8 Å². The second kappa shape index (κ2) is 22.2. The predicted octanol–water partition coefficient (Wildman–Crippen LogP) is 2.87. The number of esters is 1. The minimum atomic E-state index is -3.63. The van der Waals surface area contributed by atoms with Crippen LogP contribution in [0.2, 0.25) is 0 Å². The first-order valence-electron chi connectivity index (χ1n) is 20.8. The van der Waals surface area contributed by atoms with E-state index in [9.17, 15) is 32.4 Å². The van der Waals surface area contributed by atoms with Crippen molar-refractivity contribution in [3.63, 3.8) is 0 Å². The van der Waals surface area contributed by atoms with E-state index in [-0.39, 0.29) is 43.0 Å². The van der Waals surface area contributed by atoms with Gasteiger partial charge in [-0.05, 0) is 86.6 Å². The molecule has 7 rings (SSSR count). The highest BCUT2D eigenvalue weighted by Crippen LogP contribution is 2.24. The van der Waals surface area contributed by atoms with Gasteiger partial charge < -0.3 is 24.8 Å². The number of nitrogens with one attached hydrogen (secondary N) is 4. The molecule has 22 heteroatoms. The smallest absolute Gasteiger partial charge is 0.414 e. The van der Waals surface area contributed by atoms with E-state index < -0.39 is 40.2 Å². The lowest BCUT2D eigenvalue weighted by molar-refractivity contribution is -0.149. The number of nitrogens with zero attached hydrogens (tertiary/aromatic N) is 6. The number of aromatic nitrogens is 2. The van der Waals surface area contributed by atoms with Gasteiger partial charge in [0.1, 0.15) is 30.5 Å². The first kappa shape index (κ1) is 48.3. The zero-order chi connectivity index (χ0) is 47.4. The summed E-state index contributed by atoms with van der Waals surface area (Å²) in [5, 5.41) is 21.3. The fraction of sp³-hybridized carbons (Fsp3) is 0.341. The summed E-state index contributed by atoms with van der Waals surface area (Å²) in [6.45, 7) is 7.95. The maximum atomic E-state index is 12.5. The lowest BCUT2D eigenvalue weighted by atomic mass is 10.1. The first-order chi connectivity index (χ1) is 31.5. The van der Waals surface area contributed by atoms with E-state index >= 15 is 0 Å². The van der Waals surface area contributed by atoms with E-state index in [4.69, 9.17) is 25.0 Å². The number of amides is 4. The molecule has 348 valence electrons. The van der Waals surface area contributed by atoms with Crippen molar-refractivity contribution in [2.45, 2.75) is 32.2 Å². The largest absolute Gasteiger partial charge is 0.462 e. The van der Waals surface area contributed by atoms with Gasteiger partial charge in [-0.3, -0.25) is 59.0 Å². The maximum absolute atomic E-state index is 12.5. The van der Waals surface area contributed by atoms with Gasteiger partial charge in [-0.2, -0.15) is 8.42 Å². The zero-order valence-electron chi connectivity index (χ0n) is 36.4. The van der Waals surface area contributed by atoms with Crippen LogP contribution in [0.15, 0.2) is 97.6 Å². The average molecular weight is 927 g/mol. The summed E-state index contributed by atoms with van der Waals surface area (Å²) < 4.78 is 42.7. The Labute approximate surface area is 381 Å². The van der Waals surface area contributed by atoms with Crippen LogP contribution in [0, 0.1) is 10.8 Å². The molecule has 0 radical (unpaired) electrons. The molecule has 3 aliphatic rings. The molecule has 0 spiro atoms. The monoisotopic (exact) mass is 926 g/mol. The quantitative estimate of drug-likeness (QED) is 0.0466. The number of piperazine rings is 1. The van der Waals surface area contributed by atoms with Crippen LogP contribution in [0.5, 0.6) is 0 Å². The minimum Gasteiger partial charge on any atom is -0.462 e. The second-order valence-electron chi connectivity index (χ2n) is 15.6. The van der Waals surface area contributed by atoms with Crippen molar-refractivity contribution in [1.82, 2.24) is 30.4 Å². The SMILES string of the molecule is CC(C)OC(=O)CN1CCN(CC2CN(c3ccc(C(=N)NC(=O)c4cccnc4)cc3)C(=O)O2)CC1.CS(=O)(=O)OCC1CN(c2ccc(C(=N)NC(=O)c3cccnc3)cc2)C(=O)O1. The molecule has 4 amide bonds. The Hall–Kier alpha value is -7.14. The van der Waals surface area contributed by atoms with Gasteiger partial charge in [0.15, 0.2) is 0 Å². The molecule has 21 nitrogen and oxygen atoms in total. The molecule has 2 aromatic carbocycles. The van der Waals surface area contributed by atoms with Gasteiger partial charge >= 0.3 is 18.2 Å². The number of amidine groups is 2. The molecule has 0 bridgehead atoms. The van der Waals surface area contributed by atoms with Crippen LogP contribution in [-0.2, 0) is 33.3 Å². The standard InChI is InChI=1S/C26H32N6O5.C18H18N4O6S/c1-18(2)36-23(33)17-31-12-10-30(11-13-31)15-22-16-32(26(35)37-22)21-7-5-19(6-8-21)24(27)29-25(34)20-4-3-9-28-14-20;1-29(25,26)27-11-15-10-22(18(24)28-15)14-6-4-12(5-7-14)16(19)21-17(23)13-3-2-8-20-9-13/h3-9,14,18,22H,10-13,15-17H2,1-2H3,(H2,27,29,34);2-9,15H,10-11H2,1H3,(H2,19,21,23). The molecule has 66 heavy (non-hydrogen) atoms. The van der Waals surface area contributed by atoms with Gasteiger partial charge in [-0.1, -0.05) is 0 Å². The van der Waals surface area contributed by atoms with E-state index in [2.05, 4.69) is 34.6 Å². The molecule has 2 atom stereocenters. The van der Waals surface area contributed by atoms with Gasteiger partial charge in [-0.15, -0.1) is 0 Å². The molecule has 4 aromatic rings. The molecule has 0 aliphatic carbocycles. The fourth-order valence-electron chi connectivity index (χ4n) is 6.87. The van der Waals surface area contributed by atoms with Crippen molar-refractivity contribution in [2.24, 2.45) is 0 Å². The highest BCUT2D eigenvalue weighted by molar-refractivity contribution is 7.86. The molecular weight excluding hydrogens is 877 g/mol. The first-order valence-corrected chi connectivity index (χ1v) is 22.6. The van der Waals surface area contributed by atoms with Crippen molar-refractivity contribution in [3.8, 4) is 0 Å². The Morgan fingerprint density at radius 2 is 1.17 bits per heavy atom. The number of pyridine rings is 2. The highest BCUT2D eigenvalue weighted by atomic mass is 32.2. The summed E-state index contributed by atoms with van der Waals surface area (Å²) in [6.07, 6.45) is 4.74. The molecule has 3 aliphatic heterocycles. The van der Waals surface area contributed by atoms with E-state index in [0.717, 1.165) is 32.4 Å². The van der Waals surface area contributed by atoms with E-state index in [1.165, 1.54) is 17.3 Å². The topological polar surface area (TPSA) is 267 Å². The molecule has 2 unspecified atom stereocenters. The number of rotatable bonds is 14. The van der Waals surface area contributed by atoms with Gasteiger partial charge in [0, 0.05) is 80.0 Å². The summed E-state index contributed by atoms with van der Waals surface area (Å²) >= 11 is 0. The molecular formula is C44H50N10O11S. The summed E-state index contributed by atoms with van der Waals surface area (Å²) in [5.74, 6) is -1.22. The summed E-state index contributed by atoms with van der Waals surface area (Å²) in [4.78, 5) is 75.8. The number of ether oxygens (including phenoxy) is 3. The van der Waals surface area contributed by atoms with Gasteiger partial charge in [0.05, 0.1) is 43.1 Å². The third-order valence-electron chi connectivity index (χ3n) is 10.1. The second-order valence-corrected chi connectivity index (χ2v) is 17.2. The Balaban J connectivity index is 0.000000225. The predicted molar refractivity (Wildman–Crippen MR) is 240 cm³/mol. The van der Waals surface area contributed by atoms with Crippen molar-refractivity contribution < 1.29 is 50.8 Å². The van der Waals surface area contributed by atoms with E-state index in [0.29, 0.717) is 53.3 Å². The lowest BCUT2D eigenvalue weighted by Crippen LogP contribution is -2.50. The molecule has 0 saturated carbocycles. The van der Waals surface area contributed by atoms with Crippen LogP contribution < -0.4 is 20.4 Å². The summed E-state index contributed by atoms with van der Waals surface area (Å²) in [7, 11) is -3.63. The van der Waals surface area contributed by atoms with Crippen molar-refractivity contribution in [2.75, 3.05) is 75.0 Å². The normalized spacial score (nSPS) is 17.6.